The Balaban J connectivity index is 1.98. The normalized spacial score (nSPS) is 21.8. The lowest BCUT2D eigenvalue weighted by atomic mass is 10.2. The molecule has 0 radical (unpaired) electrons. The summed E-state index contributed by atoms with van der Waals surface area (Å²) in [6.07, 6.45) is 2.72. The lowest BCUT2D eigenvalue weighted by Gasteiger charge is -2.04. The van der Waals surface area contributed by atoms with E-state index in [1.54, 1.807) is 0 Å². The predicted molar refractivity (Wildman–Crippen MR) is 53.5 cm³/mol. The Kier molecular flexibility index (Phi) is 1.80. The first-order chi connectivity index (χ1) is 6.45. The van der Waals surface area contributed by atoms with Crippen molar-refractivity contribution in [3.8, 4) is 5.75 Å². The highest BCUT2D eigenvalue weighted by atomic mass is 32.1. The molecule has 13 heavy (non-hydrogen) atoms. The summed E-state index contributed by atoms with van der Waals surface area (Å²) >= 11 is 1.85. The summed E-state index contributed by atoms with van der Waals surface area (Å²) < 4.78 is 5.77. The lowest BCUT2D eigenvalue weighted by molar-refractivity contribution is 0.323. The van der Waals surface area contributed by atoms with Gasteiger partial charge in [0.2, 0.25) is 0 Å². The van der Waals surface area contributed by atoms with Gasteiger partial charge in [0.1, 0.15) is 12.4 Å². The van der Waals surface area contributed by atoms with E-state index in [1.165, 1.54) is 29.0 Å². The minimum absolute atomic E-state index is 0.818. The van der Waals surface area contributed by atoms with Gasteiger partial charge >= 0.3 is 0 Å². The van der Waals surface area contributed by atoms with E-state index in [1.807, 2.05) is 11.3 Å². The molecule has 1 aromatic heterocycles. The number of nitrogens with one attached hydrogen (secondary N) is 1. The molecular formula is C10H13NOS. The first-order valence-electron chi connectivity index (χ1n) is 4.89. The van der Waals surface area contributed by atoms with Crippen LogP contribution in [0.15, 0.2) is 5.38 Å². The van der Waals surface area contributed by atoms with E-state index in [4.69, 9.17) is 4.74 Å². The van der Waals surface area contributed by atoms with Crippen molar-refractivity contribution >= 4 is 11.3 Å². The van der Waals surface area contributed by atoms with Gasteiger partial charge in [0.05, 0.1) is 4.88 Å². The Morgan fingerprint density at radius 2 is 2.38 bits per heavy atom. The molecule has 0 unspecified atom stereocenters. The van der Waals surface area contributed by atoms with E-state index in [0.29, 0.717) is 0 Å². The molecule has 0 spiro atoms. The van der Waals surface area contributed by atoms with Crippen LogP contribution in [-0.4, -0.2) is 13.2 Å². The number of hydrogen-bond donors (Lipinski definition) is 1. The molecule has 2 aliphatic rings. The molecule has 0 amide bonds. The Morgan fingerprint density at radius 1 is 1.46 bits per heavy atom. The van der Waals surface area contributed by atoms with E-state index in [-0.39, 0.29) is 0 Å². The molecule has 1 aliphatic carbocycles. The Labute approximate surface area is 81.9 Å². The summed E-state index contributed by atoms with van der Waals surface area (Å²) in [5.41, 5.74) is 1.48. The van der Waals surface area contributed by atoms with Crippen molar-refractivity contribution < 1.29 is 4.74 Å². The smallest absolute Gasteiger partial charge is 0.138 e. The molecule has 3 heteroatoms. The Morgan fingerprint density at radius 3 is 3.23 bits per heavy atom. The van der Waals surface area contributed by atoms with Crippen LogP contribution in [0.3, 0.4) is 0 Å². The van der Waals surface area contributed by atoms with Gasteiger partial charge in [0.15, 0.2) is 0 Å². The average Bonchev–Trinajstić information content (AvgIpc) is 2.94. The fourth-order valence-corrected chi connectivity index (χ4v) is 2.83. The van der Waals surface area contributed by atoms with Crippen LogP contribution in [0.5, 0.6) is 5.75 Å². The van der Waals surface area contributed by atoms with Crippen molar-refractivity contribution in [1.29, 1.82) is 0 Å². The van der Waals surface area contributed by atoms with Gasteiger partial charge < -0.3 is 10.1 Å². The zero-order valence-electron chi connectivity index (χ0n) is 7.51. The molecule has 0 atom stereocenters. The second-order valence-corrected chi connectivity index (χ2v) is 4.71. The van der Waals surface area contributed by atoms with Crippen LogP contribution in [0.4, 0.5) is 0 Å². The minimum atomic E-state index is 0.818. The third-order valence-electron chi connectivity index (χ3n) is 2.67. The average molecular weight is 195 g/mol. The molecule has 2 nitrogen and oxygen atoms in total. The van der Waals surface area contributed by atoms with Crippen molar-refractivity contribution in [2.24, 2.45) is 0 Å². The number of rotatable bonds is 1. The Hall–Kier alpha value is -0.540. The van der Waals surface area contributed by atoms with Crippen molar-refractivity contribution in [2.75, 3.05) is 13.2 Å². The number of hydrogen-bond acceptors (Lipinski definition) is 3. The highest BCUT2D eigenvalue weighted by Gasteiger charge is 2.29. The van der Waals surface area contributed by atoms with E-state index >= 15 is 0 Å². The van der Waals surface area contributed by atoms with Crippen LogP contribution in [0.2, 0.25) is 0 Å². The monoisotopic (exact) mass is 195 g/mol. The highest BCUT2D eigenvalue weighted by Crippen LogP contribution is 2.48. The van der Waals surface area contributed by atoms with Crippen LogP contribution >= 0.6 is 11.3 Å². The first kappa shape index (κ1) is 7.83. The van der Waals surface area contributed by atoms with Crippen LogP contribution in [-0.2, 0) is 6.54 Å². The van der Waals surface area contributed by atoms with Gasteiger partial charge in [0, 0.05) is 18.7 Å². The maximum atomic E-state index is 5.77. The maximum Gasteiger partial charge on any atom is 0.138 e. The second-order valence-electron chi connectivity index (χ2n) is 3.74. The number of ether oxygens (including phenoxy) is 1. The summed E-state index contributed by atoms with van der Waals surface area (Å²) in [5, 5.41) is 5.65. The van der Waals surface area contributed by atoms with Crippen molar-refractivity contribution in [3.05, 3.63) is 15.8 Å². The SMILES string of the molecule is c1sc2c(c1C1CC1)OCCNC2. The summed E-state index contributed by atoms with van der Waals surface area (Å²) in [6.45, 7) is 2.79. The van der Waals surface area contributed by atoms with E-state index in [0.717, 1.165) is 25.6 Å². The first-order valence-corrected chi connectivity index (χ1v) is 5.77. The molecule has 70 valence electrons. The minimum Gasteiger partial charge on any atom is -0.491 e. The molecule has 1 N–H and O–H groups in total. The molecule has 3 rings (SSSR count). The van der Waals surface area contributed by atoms with Gasteiger partial charge in [-0.15, -0.1) is 11.3 Å². The van der Waals surface area contributed by atoms with Crippen LogP contribution in [0, 0.1) is 0 Å². The third kappa shape index (κ3) is 1.36. The van der Waals surface area contributed by atoms with Gasteiger partial charge in [-0.25, -0.2) is 0 Å². The van der Waals surface area contributed by atoms with Gasteiger partial charge in [-0.1, -0.05) is 0 Å². The Bertz CT molecular complexity index is 317. The lowest BCUT2D eigenvalue weighted by Crippen LogP contribution is -2.16. The zero-order chi connectivity index (χ0) is 8.67. The maximum absolute atomic E-state index is 5.77. The molecule has 1 fully saturated rings. The van der Waals surface area contributed by atoms with E-state index in [2.05, 4.69) is 10.7 Å². The molecule has 0 saturated heterocycles. The summed E-state index contributed by atoms with van der Waals surface area (Å²) in [6, 6.07) is 0. The predicted octanol–water partition coefficient (Wildman–Crippen LogP) is 2.11. The molecule has 1 saturated carbocycles. The van der Waals surface area contributed by atoms with Gasteiger partial charge in [0.25, 0.3) is 0 Å². The van der Waals surface area contributed by atoms with Crippen LogP contribution in [0.1, 0.15) is 29.2 Å². The summed E-state index contributed by atoms with van der Waals surface area (Å²) in [5.74, 6) is 2.02. The van der Waals surface area contributed by atoms with Crippen molar-refractivity contribution in [3.63, 3.8) is 0 Å². The van der Waals surface area contributed by atoms with E-state index < -0.39 is 0 Å². The number of fused-ring (bicyclic) bond motifs is 1. The molecule has 2 heterocycles. The zero-order valence-corrected chi connectivity index (χ0v) is 8.32. The third-order valence-corrected chi connectivity index (χ3v) is 3.66. The highest BCUT2D eigenvalue weighted by molar-refractivity contribution is 7.10. The van der Waals surface area contributed by atoms with Gasteiger partial charge in [-0.2, -0.15) is 0 Å². The molecule has 1 aliphatic heterocycles. The van der Waals surface area contributed by atoms with Crippen molar-refractivity contribution in [2.45, 2.75) is 25.3 Å². The fourth-order valence-electron chi connectivity index (χ4n) is 1.79. The van der Waals surface area contributed by atoms with E-state index in [9.17, 15) is 0 Å². The molecule has 1 aromatic rings. The van der Waals surface area contributed by atoms with Crippen molar-refractivity contribution in [1.82, 2.24) is 5.32 Å². The summed E-state index contributed by atoms with van der Waals surface area (Å²) in [7, 11) is 0. The fraction of sp³-hybridized carbons (Fsp3) is 0.600. The number of thiophene rings is 1. The quantitative estimate of drug-likeness (QED) is 0.741. The second kappa shape index (κ2) is 3.00. The largest absolute Gasteiger partial charge is 0.491 e. The molecule has 0 aromatic carbocycles. The topological polar surface area (TPSA) is 21.3 Å². The van der Waals surface area contributed by atoms with Gasteiger partial charge in [-0.05, 0) is 24.1 Å². The summed E-state index contributed by atoms with van der Waals surface area (Å²) in [4.78, 5) is 1.39. The molecule has 0 bridgehead atoms. The van der Waals surface area contributed by atoms with Gasteiger partial charge in [-0.3, -0.25) is 0 Å². The standard InChI is InChI=1S/C10H13NOS/c1-2-7(1)8-6-13-9-5-11-3-4-12-10(8)9/h6-7,11H,1-5H2. The van der Waals surface area contributed by atoms with Crippen LogP contribution in [0.25, 0.3) is 0 Å². The molecular weight excluding hydrogens is 182 g/mol. The van der Waals surface area contributed by atoms with Crippen LogP contribution < -0.4 is 10.1 Å².